The summed E-state index contributed by atoms with van der Waals surface area (Å²) in [6.07, 6.45) is 3.43. The molecule has 0 aliphatic heterocycles. The number of aromatic amines is 1. The minimum atomic E-state index is -0.667. The Bertz CT molecular complexity index is 1090. The lowest BCUT2D eigenvalue weighted by atomic mass is 9.75. The van der Waals surface area contributed by atoms with Crippen LogP contribution in [-0.2, 0) is 24.3 Å². The van der Waals surface area contributed by atoms with E-state index >= 15 is 0 Å². The number of Topliss-reactive ketones (excluding diaryl/α,β-unsaturated/α-hetero) is 1. The van der Waals surface area contributed by atoms with E-state index in [1.54, 1.807) is 6.92 Å². The van der Waals surface area contributed by atoms with Crippen LogP contribution in [0.2, 0.25) is 0 Å². The molecule has 0 radical (unpaired) electrons. The molecular formula is C27H39N5O3. The van der Waals surface area contributed by atoms with Crippen molar-refractivity contribution < 1.29 is 14.4 Å². The van der Waals surface area contributed by atoms with Crippen LogP contribution in [0.4, 0.5) is 0 Å². The molecule has 8 nitrogen and oxygen atoms in total. The summed E-state index contributed by atoms with van der Waals surface area (Å²) in [6.45, 7) is 8.97. The van der Waals surface area contributed by atoms with E-state index in [1.807, 2.05) is 44.1 Å². The van der Waals surface area contributed by atoms with Gasteiger partial charge < -0.3 is 20.5 Å². The van der Waals surface area contributed by atoms with Crippen molar-refractivity contribution in [1.29, 1.82) is 0 Å². The highest BCUT2D eigenvalue weighted by Crippen LogP contribution is 2.36. The summed E-state index contributed by atoms with van der Waals surface area (Å²) in [5.41, 5.74) is 4.04. The molecule has 2 aromatic rings. The summed E-state index contributed by atoms with van der Waals surface area (Å²) in [4.78, 5) is 48.8. The van der Waals surface area contributed by atoms with Crippen LogP contribution < -0.4 is 10.6 Å². The maximum atomic E-state index is 13.2. The molecule has 0 saturated carbocycles. The number of unbranched alkanes of at least 4 members (excludes halogenated alkanes) is 1. The number of carbonyl (C=O) groups excluding carboxylic acids is 3. The number of hydrogen-bond donors (Lipinski definition) is 3. The lowest BCUT2D eigenvalue weighted by Crippen LogP contribution is -2.46. The van der Waals surface area contributed by atoms with E-state index in [-0.39, 0.29) is 29.6 Å². The van der Waals surface area contributed by atoms with Crippen LogP contribution in [0.15, 0.2) is 18.2 Å². The molecule has 0 bridgehead atoms. The van der Waals surface area contributed by atoms with Crippen LogP contribution in [0.3, 0.4) is 0 Å². The lowest BCUT2D eigenvalue weighted by Gasteiger charge is -2.28. The van der Waals surface area contributed by atoms with E-state index in [0.717, 1.165) is 36.5 Å². The zero-order chi connectivity index (χ0) is 25.8. The molecule has 2 heterocycles. The Labute approximate surface area is 208 Å². The summed E-state index contributed by atoms with van der Waals surface area (Å²) in [5, 5.41) is 5.84. The zero-order valence-corrected chi connectivity index (χ0v) is 21.9. The van der Waals surface area contributed by atoms with Gasteiger partial charge in [-0.05, 0) is 57.0 Å². The van der Waals surface area contributed by atoms with Gasteiger partial charge in [-0.25, -0.2) is 0 Å². The molecule has 35 heavy (non-hydrogen) atoms. The number of amides is 2. The number of H-pyrrole nitrogens is 1. The molecule has 1 aliphatic carbocycles. The number of fused-ring (bicyclic) bond motifs is 1. The molecule has 1 aliphatic rings. The highest BCUT2D eigenvalue weighted by molar-refractivity contribution is 6.05. The summed E-state index contributed by atoms with van der Waals surface area (Å²) < 4.78 is 0. The Morgan fingerprint density at radius 2 is 1.91 bits per heavy atom. The van der Waals surface area contributed by atoms with Crippen LogP contribution in [0.25, 0.3) is 0 Å². The van der Waals surface area contributed by atoms with E-state index in [9.17, 15) is 14.4 Å². The van der Waals surface area contributed by atoms with Crippen molar-refractivity contribution in [3.63, 3.8) is 0 Å². The fourth-order valence-electron chi connectivity index (χ4n) is 4.71. The Kier molecular flexibility index (Phi) is 8.48. The van der Waals surface area contributed by atoms with Gasteiger partial charge in [-0.3, -0.25) is 19.4 Å². The quantitative estimate of drug-likeness (QED) is 0.481. The van der Waals surface area contributed by atoms with Crippen molar-refractivity contribution in [3.8, 4) is 0 Å². The third-order valence-electron chi connectivity index (χ3n) is 6.38. The van der Waals surface area contributed by atoms with Crippen LogP contribution in [-0.4, -0.2) is 52.6 Å². The van der Waals surface area contributed by atoms with Crippen molar-refractivity contribution >= 4 is 17.6 Å². The Hall–Kier alpha value is -3.00. The van der Waals surface area contributed by atoms with Crippen molar-refractivity contribution in [3.05, 3.63) is 52.1 Å². The predicted molar refractivity (Wildman–Crippen MR) is 136 cm³/mol. The summed E-state index contributed by atoms with van der Waals surface area (Å²) >= 11 is 0. The Balaban J connectivity index is 1.71. The smallest absolute Gasteiger partial charge is 0.268 e. The molecule has 2 aromatic heterocycles. The second kappa shape index (κ2) is 11.2. The zero-order valence-electron chi connectivity index (χ0n) is 21.9. The molecule has 0 aromatic carbocycles. The van der Waals surface area contributed by atoms with Crippen LogP contribution >= 0.6 is 0 Å². The number of carbonyl (C=O) groups is 3. The van der Waals surface area contributed by atoms with Gasteiger partial charge in [0.1, 0.15) is 11.7 Å². The van der Waals surface area contributed by atoms with Crippen molar-refractivity contribution in [2.45, 2.75) is 78.9 Å². The first-order valence-corrected chi connectivity index (χ1v) is 12.4. The van der Waals surface area contributed by atoms with E-state index < -0.39 is 6.04 Å². The molecule has 190 valence electrons. The first-order chi connectivity index (χ1) is 16.5. The number of nitrogens with zero attached hydrogens (tertiary/aromatic N) is 2. The molecule has 1 unspecified atom stereocenters. The van der Waals surface area contributed by atoms with E-state index in [4.69, 9.17) is 0 Å². The van der Waals surface area contributed by atoms with Gasteiger partial charge in [0.15, 0.2) is 5.78 Å². The fraction of sp³-hybridized carbons (Fsp3) is 0.556. The van der Waals surface area contributed by atoms with Crippen molar-refractivity contribution in [1.82, 2.24) is 25.5 Å². The van der Waals surface area contributed by atoms with E-state index in [0.29, 0.717) is 36.1 Å². The third kappa shape index (κ3) is 6.78. The van der Waals surface area contributed by atoms with Crippen molar-refractivity contribution in [2.75, 3.05) is 14.1 Å². The Morgan fingerprint density at radius 3 is 2.60 bits per heavy atom. The highest BCUT2D eigenvalue weighted by atomic mass is 16.2. The second-order valence-electron chi connectivity index (χ2n) is 10.7. The van der Waals surface area contributed by atoms with Gasteiger partial charge in [0.2, 0.25) is 5.91 Å². The number of pyridine rings is 1. The van der Waals surface area contributed by atoms with Gasteiger partial charge >= 0.3 is 0 Å². The van der Waals surface area contributed by atoms with Crippen LogP contribution in [0, 0.1) is 12.3 Å². The van der Waals surface area contributed by atoms with Gasteiger partial charge in [-0.1, -0.05) is 39.7 Å². The SMILES string of the molecule is CCCCC(NC(=O)c1[nH]c2c(c1C)C(=O)CC(C)(C)C2)C(=O)NCc1cccc(CN(C)C)n1. The molecule has 8 heteroatoms. The first kappa shape index (κ1) is 26.6. The summed E-state index contributed by atoms with van der Waals surface area (Å²) in [7, 11) is 3.96. The molecule has 0 spiro atoms. The van der Waals surface area contributed by atoms with E-state index in [2.05, 4.69) is 34.4 Å². The monoisotopic (exact) mass is 481 g/mol. The minimum Gasteiger partial charge on any atom is -0.354 e. The number of aromatic nitrogens is 2. The average molecular weight is 482 g/mol. The minimum absolute atomic E-state index is 0.0633. The first-order valence-electron chi connectivity index (χ1n) is 12.4. The number of hydrogen-bond acceptors (Lipinski definition) is 5. The molecule has 0 saturated heterocycles. The van der Waals surface area contributed by atoms with Crippen LogP contribution in [0.5, 0.6) is 0 Å². The van der Waals surface area contributed by atoms with Gasteiger partial charge in [0, 0.05) is 24.2 Å². The number of ketones is 1. The fourth-order valence-corrected chi connectivity index (χ4v) is 4.71. The number of rotatable bonds is 10. The lowest BCUT2D eigenvalue weighted by molar-refractivity contribution is -0.123. The third-order valence-corrected chi connectivity index (χ3v) is 6.38. The summed E-state index contributed by atoms with van der Waals surface area (Å²) in [5.74, 6) is -0.531. The maximum Gasteiger partial charge on any atom is 0.268 e. The molecule has 1 atom stereocenters. The van der Waals surface area contributed by atoms with Crippen LogP contribution in [0.1, 0.15) is 89.9 Å². The molecular weight excluding hydrogens is 442 g/mol. The average Bonchev–Trinajstić information content (AvgIpc) is 3.09. The van der Waals surface area contributed by atoms with Gasteiger partial charge in [-0.15, -0.1) is 0 Å². The molecule has 0 fully saturated rings. The van der Waals surface area contributed by atoms with Crippen molar-refractivity contribution in [2.24, 2.45) is 5.41 Å². The standard InChI is InChI=1S/C27H39N5O3/c1-7-8-12-20(25(34)28-15-18-10-9-11-19(29-18)16-32(5)6)31-26(35)24-17(2)23-21(30-24)13-27(3,4)14-22(23)33/h9-11,20,30H,7-8,12-16H2,1-6H3,(H,28,34)(H,31,35). The Morgan fingerprint density at radius 1 is 1.20 bits per heavy atom. The summed E-state index contributed by atoms with van der Waals surface area (Å²) in [6, 6.07) is 5.10. The van der Waals surface area contributed by atoms with Gasteiger partial charge in [0.25, 0.3) is 5.91 Å². The predicted octanol–water partition coefficient (Wildman–Crippen LogP) is 3.54. The maximum absolute atomic E-state index is 13.2. The molecule has 2 amide bonds. The second-order valence-corrected chi connectivity index (χ2v) is 10.7. The topological polar surface area (TPSA) is 107 Å². The molecule has 3 rings (SSSR count). The highest BCUT2D eigenvalue weighted by Gasteiger charge is 2.35. The largest absolute Gasteiger partial charge is 0.354 e. The van der Waals surface area contributed by atoms with Gasteiger partial charge in [0.05, 0.1) is 17.9 Å². The van der Waals surface area contributed by atoms with Gasteiger partial charge in [-0.2, -0.15) is 0 Å². The number of nitrogens with one attached hydrogen (secondary N) is 3. The molecule has 3 N–H and O–H groups in total. The van der Waals surface area contributed by atoms with E-state index in [1.165, 1.54) is 0 Å². The normalized spacial score (nSPS) is 15.6.